The minimum absolute atomic E-state index is 0.0332. The standard InChI is InChI=1S/C14H18FN3O3/c1-16-9-11-4-2-3-7-17(11)14(19)12-6-5-10(18(20)21)8-13(12)15/h5-6,8,11,16H,2-4,7,9H2,1H3. The fourth-order valence-electron chi connectivity index (χ4n) is 2.66. The number of hydrogen-bond donors (Lipinski definition) is 1. The molecule has 0 saturated carbocycles. The predicted octanol–water partition coefficient (Wildman–Crippen LogP) is 1.95. The van der Waals surface area contributed by atoms with E-state index in [1.165, 1.54) is 6.07 Å². The number of nitro groups is 1. The van der Waals surface area contributed by atoms with Crippen LogP contribution >= 0.6 is 0 Å². The summed E-state index contributed by atoms with van der Waals surface area (Å²) in [4.78, 5) is 24.1. The maximum Gasteiger partial charge on any atom is 0.272 e. The van der Waals surface area contributed by atoms with Gasteiger partial charge >= 0.3 is 0 Å². The Morgan fingerprint density at radius 1 is 1.52 bits per heavy atom. The zero-order valence-corrected chi connectivity index (χ0v) is 11.8. The SMILES string of the molecule is CNCC1CCCCN1C(=O)c1ccc([N+](=O)[O-])cc1F. The second kappa shape index (κ2) is 6.62. The fourth-order valence-corrected chi connectivity index (χ4v) is 2.66. The number of halogens is 1. The van der Waals surface area contributed by atoms with Gasteiger partial charge in [0.1, 0.15) is 5.82 Å². The first-order valence-electron chi connectivity index (χ1n) is 6.94. The van der Waals surface area contributed by atoms with Crippen LogP contribution in [0.1, 0.15) is 29.6 Å². The number of piperidine rings is 1. The highest BCUT2D eigenvalue weighted by Gasteiger charge is 2.29. The molecule has 1 aromatic rings. The maximum absolute atomic E-state index is 14.0. The molecule has 2 rings (SSSR count). The van der Waals surface area contributed by atoms with Crippen LogP contribution in [0.25, 0.3) is 0 Å². The van der Waals surface area contributed by atoms with E-state index in [0.29, 0.717) is 13.1 Å². The molecule has 7 heteroatoms. The van der Waals surface area contributed by atoms with Gasteiger partial charge in [0.05, 0.1) is 16.6 Å². The van der Waals surface area contributed by atoms with E-state index >= 15 is 0 Å². The molecule has 1 N–H and O–H groups in total. The number of nitro benzene ring substituents is 1. The third-order valence-corrected chi connectivity index (χ3v) is 3.72. The van der Waals surface area contributed by atoms with Crippen molar-refractivity contribution < 1.29 is 14.1 Å². The lowest BCUT2D eigenvalue weighted by Gasteiger charge is -2.35. The predicted molar refractivity (Wildman–Crippen MR) is 75.7 cm³/mol. The molecule has 1 aliphatic rings. The van der Waals surface area contributed by atoms with Crippen molar-refractivity contribution >= 4 is 11.6 Å². The molecule has 1 aromatic carbocycles. The van der Waals surface area contributed by atoms with Crippen LogP contribution in [0, 0.1) is 15.9 Å². The van der Waals surface area contributed by atoms with Gasteiger partial charge in [-0.2, -0.15) is 0 Å². The molecule has 1 heterocycles. The molecule has 0 spiro atoms. The van der Waals surface area contributed by atoms with Crippen molar-refractivity contribution in [3.05, 3.63) is 39.7 Å². The number of carbonyl (C=O) groups is 1. The number of non-ortho nitro benzene ring substituents is 1. The minimum atomic E-state index is -0.844. The Morgan fingerprint density at radius 3 is 2.90 bits per heavy atom. The summed E-state index contributed by atoms with van der Waals surface area (Å²) in [6.07, 6.45) is 2.81. The Hall–Kier alpha value is -2.02. The summed E-state index contributed by atoms with van der Waals surface area (Å²) in [5, 5.41) is 13.6. The van der Waals surface area contributed by atoms with Gasteiger partial charge in [0.15, 0.2) is 0 Å². The Kier molecular flexibility index (Phi) is 4.85. The lowest BCUT2D eigenvalue weighted by atomic mass is 10.0. The van der Waals surface area contributed by atoms with Crippen LogP contribution in [-0.4, -0.2) is 41.9 Å². The number of likely N-dealkylation sites (N-methyl/N-ethyl adjacent to an activating group) is 1. The van der Waals surface area contributed by atoms with E-state index < -0.39 is 16.6 Å². The van der Waals surface area contributed by atoms with Crippen molar-refractivity contribution in [2.24, 2.45) is 0 Å². The molecule has 0 aromatic heterocycles. The van der Waals surface area contributed by atoms with Crippen LogP contribution in [0.2, 0.25) is 0 Å². The molecular weight excluding hydrogens is 277 g/mol. The van der Waals surface area contributed by atoms with E-state index in [-0.39, 0.29) is 17.3 Å². The molecular formula is C14H18FN3O3. The van der Waals surface area contributed by atoms with Crippen LogP contribution in [0.3, 0.4) is 0 Å². The van der Waals surface area contributed by atoms with Crippen LogP contribution < -0.4 is 5.32 Å². The smallest absolute Gasteiger partial charge is 0.272 e. The fraction of sp³-hybridized carbons (Fsp3) is 0.500. The molecule has 114 valence electrons. The molecule has 1 amide bonds. The Morgan fingerprint density at radius 2 is 2.29 bits per heavy atom. The number of rotatable bonds is 4. The average molecular weight is 295 g/mol. The van der Waals surface area contributed by atoms with E-state index in [9.17, 15) is 19.3 Å². The summed E-state index contributed by atoms with van der Waals surface area (Å²) >= 11 is 0. The first-order valence-corrected chi connectivity index (χ1v) is 6.94. The van der Waals surface area contributed by atoms with Crippen molar-refractivity contribution in [3.8, 4) is 0 Å². The highest BCUT2D eigenvalue weighted by molar-refractivity contribution is 5.95. The number of likely N-dealkylation sites (tertiary alicyclic amines) is 1. The van der Waals surface area contributed by atoms with Gasteiger partial charge in [-0.1, -0.05) is 0 Å². The van der Waals surface area contributed by atoms with Crippen LogP contribution in [0.4, 0.5) is 10.1 Å². The average Bonchev–Trinajstić information content (AvgIpc) is 2.47. The van der Waals surface area contributed by atoms with E-state index in [4.69, 9.17) is 0 Å². The number of nitrogens with one attached hydrogen (secondary N) is 1. The lowest BCUT2D eigenvalue weighted by Crippen LogP contribution is -2.48. The van der Waals surface area contributed by atoms with Gasteiger partial charge in [0.2, 0.25) is 0 Å². The zero-order chi connectivity index (χ0) is 15.4. The lowest BCUT2D eigenvalue weighted by molar-refractivity contribution is -0.385. The normalized spacial score (nSPS) is 18.6. The van der Waals surface area contributed by atoms with Crippen LogP contribution in [0.15, 0.2) is 18.2 Å². The topological polar surface area (TPSA) is 75.5 Å². The second-order valence-corrected chi connectivity index (χ2v) is 5.13. The first kappa shape index (κ1) is 15.4. The molecule has 6 nitrogen and oxygen atoms in total. The summed E-state index contributed by atoms with van der Waals surface area (Å²) < 4.78 is 14.0. The molecule has 1 saturated heterocycles. The minimum Gasteiger partial charge on any atom is -0.334 e. The van der Waals surface area contributed by atoms with Crippen LogP contribution in [0.5, 0.6) is 0 Å². The van der Waals surface area contributed by atoms with Gasteiger partial charge in [-0.25, -0.2) is 4.39 Å². The monoisotopic (exact) mass is 295 g/mol. The van der Waals surface area contributed by atoms with Gasteiger partial charge in [0.25, 0.3) is 11.6 Å². The Bertz CT molecular complexity index is 548. The third kappa shape index (κ3) is 3.36. The summed E-state index contributed by atoms with van der Waals surface area (Å²) in [5.74, 6) is -1.25. The number of carbonyl (C=O) groups excluding carboxylic acids is 1. The van der Waals surface area contributed by atoms with Gasteiger partial charge in [0, 0.05) is 25.2 Å². The number of benzene rings is 1. The van der Waals surface area contributed by atoms with Crippen molar-refractivity contribution in [2.75, 3.05) is 20.1 Å². The van der Waals surface area contributed by atoms with Gasteiger partial charge < -0.3 is 10.2 Å². The van der Waals surface area contributed by atoms with E-state index in [1.807, 2.05) is 7.05 Å². The molecule has 0 radical (unpaired) electrons. The number of amides is 1. The molecule has 0 bridgehead atoms. The van der Waals surface area contributed by atoms with E-state index in [0.717, 1.165) is 31.4 Å². The van der Waals surface area contributed by atoms with E-state index in [2.05, 4.69) is 5.32 Å². The molecule has 1 atom stereocenters. The molecule has 1 fully saturated rings. The largest absolute Gasteiger partial charge is 0.334 e. The Balaban J connectivity index is 2.23. The highest BCUT2D eigenvalue weighted by Crippen LogP contribution is 2.22. The van der Waals surface area contributed by atoms with Crippen molar-refractivity contribution in [3.63, 3.8) is 0 Å². The quantitative estimate of drug-likeness (QED) is 0.680. The second-order valence-electron chi connectivity index (χ2n) is 5.13. The highest BCUT2D eigenvalue weighted by atomic mass is 19.1. The third-order valence-electron chi connectivity index (χ3n) is 3.72. The van der Waals surface area contributed by atoms with Gasteiger partial charge in [-0.05, 0) is 32.4 Å². The maximum atomic E-state index is 14.0. The molecule has 1 aliphatic heterocycles. The first-order chi connectivity index (χ1) is 10.0. The molecule has 1 unspecified atom stereocenters. The zero-order valence-electron chi connectivity index (χ0n) is 11.8. The van der Waals surface area contributed by atoms with Gasteiger partial charge in [-0.15, -0.1) is 0 Å². The molecule has 21 heavy (non-hydrogen) atoms. The summed E-state index contributed by atoms with van der Waals surface area (Å²) in [5.41, 5.74) is -0.460. The van der Waals surface area contributed by atoms with Gasteiger partial charge in [-0.3, -0.25) is 14.9 Å². The van der Waals surface area contributed by atoms with E-state index in [1.54, 1.807) is 4.90 Å². The molecule has 0 aliphatic carbocycles. The summed E-state index contributed by atoms with van der Waals surface area (Å²) in [6.45, 7) is 1.24. The number of nitrogens with zero attached hydrogens (tertiary/aromatic N) is 2. The van der Waals surface area contributed by atoms with Crippen LogP contribution in [-0.2, 0) is 0 Å². The number of hydrogen-bond acceptors (Lipinski definition) is 4. The van der Waals surface area contributed by atoms with Crippen molar-refractivity contribution in [1.82, 2.24) is 10.2 Å². The van der Waals surface area contributed by atoms with Crippen molar-refractivity contribution in [1.29, 1.82) is 0 Å². The Labute approximate surface area is 122 Å². The summed E-state index contributed by atoms with van der Waals surface area (Å²) in [7, 11) is 1.81. The summed E-state index contributed by atoms with van der Waals surface area (Å²) in [6, 6.07) is 3.18. The van der Waals surface area contributed by atoms with Crippen molar-refractivity contribution in [2.45, 2.75) is 25.3 Å².